The Hall–Kier alpha value is -1.96. The van der Waals surface area contributed by atoms with Crippen LogP contribution in [0.3, 0.4) is 0 Å². The van der Waals surface area contributed by atoms with E-state index in [-0.39, 0.29) is 12.5 Å². The van der Waals surface area contributed by atoms with E-state index in [1.54, 1.807) is 13.0 Å². The molecule has 1 aromatic rings. The molecule has 12 heteroatoms. The van der Waals surface area contributed by atoms with E-state index in [0.29, 0.717) is 81.6 Å². The fourth-order valence-electron chi connectivity index (χ4n) is 3.98. The van der Waals surface area contributed by atoms with E-state index in [1.807, 2.05) is 34.6 Å². The van der Waals surface area contributed by atoms with Gasteiger partial charge in [0.2, 0.25) is 11.7 Å². The van der Waals surface area contributed by atoms with Crippen molar-refractivity contribution in [1.29, 1.82) is 0 Å². The molecule has 0 spiro atoms. The van der Waals surface area contributed by atoms with Gasteiger partial charge in [0.05, 0.1) is 45.1 Å². The molecule has 0 saturated carbocycles. The number of rotatable bonds is 21. The Morgan fingerprint density at radius 2 is 1.65 bits per heavy atom. The molecule has 0 saturated heterocycles. The van der Waals surface area contributed by atoms with Crippen LogP contribution in [0.1, 0.15) is 66.2 Å². The van der Waals surface area contributed by atoms with Crippen LogP contribution in [-0.2, 0) is 28.5 Å². The maximum absolute atomic E-state index is 13.5. The Balaban J connectivity index is 1.99. The second-order valence-corrected chi connectivity index (χ2v) is 10.4. The lowest BCUT2D eigenvalue weighted by molar-refractivity contribution is -0.169. The Labute approximate surface area is 241 Å². The number of hydrogen-bond acceptors (Lipinski definition) is 11. The molecule has 0 aromatic carbocycles. The van der Waals surface area contributed by atoms with E-state index >= 15 is 0 Å². The van der Waals surface area contributed by atoms with Gasteiger partial charge in [-0.1, -0.05) is 13.3 Å². The summed E-state index contributed by atoms with van der Waals surface area (Å²) in [6.45, 7) is 15.4. The number of amides is 1. The Kier molecular flexibility index (Phi) is 15.2. The van der Waals surface area contributed by atoms with Gasteiger partial charge in [-0.15, -0.1) is 11.8 Å². The zero-order valence-electron chi connectivity index (χ0n) is 24.7. The summed E-state index contributed by atoms with van der Waals surface area (Å²) in [5.41, 5.74) is -1.58. The molecule has 1 aliphatic heterocycles. The molecule has 0 bridgehead atoms. The third-order valence-corrected chi connectivity index (χ3v) is 7.43. The smallest absolute Gasteiger partial charge is 0.339 e. The second kappa shape index (κ2) is 17.8. The van der Waals surface area contributed by atoms with Crippen molar-refractivity contribution in [3.63, 3.8) is 0 Å². The summed E-state index contributed by atoms with van der Waals surface area (Å²) >= 11 is 1.45. The molecule has 0 unspecified atom stereocenters. The summed E-state index contributed by atoms with van der Waals surface area (Å²) in [6.07, 6.45) is 1.33. The van der Waals surface area contributed by atoms with Gasteiger partial charge in [0.15, 0.2) is 0 Å². The Morgan fingerprint density at radius 1 is 1.02 bits per heavy atom. The van der Waals surface area contributed by atoms with Crippen LogP contribution in [0, 0.1) is 0 Å². The largest absolute Gasteiger partial charge is 0.491 e. The molecular formula is C28H46N2O9S. The fourth-order valence-corrected chi connectivity index (χ4v) is 5.24. The maximum atomic E-state index is 13.5. The molecule has 0 radical (unpaired) electrons. The number of nitrogens with zero attached hydrogens (tertiary/aromatic N) is 1. The first-order chi connectivity index (χ1) is 19.2. The van der Waals surface area contributed by atoms with Crippen molar-refractivity contribution in [3.8, 4) is 5.75 Å². The average molecular weight is 587 g/mol. The topological polar surface area (TPSA) is 127 Å². The van der Waals surface area contributed by atoms with Crippen molar-refractivity contribution >= 4 is 22.7 Å². The molecule has 1 aliphatic rings. The second-order valence-electron chi connectivity index (χ2n) is 9.39. The van der Waals surface area contributed by atoms with Crippen molar-refractivity contribution < 1.29 is 37.6 Å². The third-order valence-electron chi connectivity index (χ3n) is 5.99. The van der Waals surface area contributed by atoms with Crippen LogP contribution in [0.15, 0.2) is 26.3 Å². The van der Waals surface area contributed by atoms with Crippen molar-refractivity contribution in [2.45, 2.75) is 71.8 Å². The predicted molar refractivity (Wildman–Crippen MR) is 154 cm³/mol. The van der Waals surface area contributed by atoms with Gasteiger partial charge in [-0.2, -0.15) is 0 Å². The number of thioether (sulfide) groups is 1. The lowest BCUT2D eigenvalue weighted by Gasteiger charge is -2.28. The first-order valence-corrected chi connectivity index (χ1v) is 15.0. The minimum absolute atomic E-state index is 0.248. The normalized spacial score (nSPS) is 18.0. The van der Waals surface area contributed by atoms with Crippen LogP contribution in [0.4, 0.5) is 0 Å². The molecule has 0 aliphatic carbocycles. The number of ether oxygens (including phenoxy) is 6. The number of nitrogens with one attached hydrogen (secondary N) is 1. The highest BCUT2D eigenvalue weighted by Crippen LogP contribution is 2.36. The van der Waals surface area contributed by atoms with Gasteiger partial charge in [0, 0.05) is 31.6 Å². The van der Waals surface area contributed by atoms with Gasteiger partial charge in [0.25, 0.3) is 0 Å². The van der Waals surface area contributed by atoms with Crippen molar-refractivity contribution in [2.24, 2.45) is 4.99 Å². The fraction of sp³-hybridized carbons (Fsp3) is 0.750. The zero-order chi connectivity index (χ0) is 29.4. The SMILES string of the molecule is CCC[C@@H](NC(=O)[C@]1(C)CSC(C(C)(OCC)OCC)=N1)c1cc(OCCOCCOCCOCC)cc(=O)o1. The number of carbonyl (C=O) groups excluding carboxylic acids is 1. The molecule has 11 nitrogen and oxygen atoms in total. The summed E-state index contributed by atoms with van der Waals surface area (Å²) < 4.78 is 39.0. The lowest BCUT2D eigenvalue weighted by atomic mass is 10.0. The van der Waals surface area contributed by atoms with Crippen LogP contribution < -0.4 is 15.7 Å². The molecular weight excluding hydrogens is 540 g/mol. The Morgan fingerprint density at radius 3 is 2.25 bits per heavy atom. The van der Waals surface area contributed by atoms with Gasteiger partial charge in [-0.05, 0) is 41.0 Å². The van der Waals surface area contributed by atoms with E-state index in [9.17, 15) is 9.59 Å². The first-order valence-electron chi connectivity index (χ1n) is 14.0. The number of carbonyl (C=O) groups is 1. The van der Waals surface area contributed by atoms with Gasteiger partial charge < -0.3 is 38.2 Å². The van der Waals surface area contributed by atoms with Gasteiger partial charge >= 0.3 is 5.63 Å². The highest BCUT2D eigenvalue weighted by atomic mass is 32.2. The molecule has 2 heterocycles. The van der Waals surface area contributed by atoms with Crippen molar-refractivity contribution in [2.75, 3.05) is 65.2 Å². The van der Waals surface area contributed by atoms with Gasteiger partial charge in [0.1, 0.15) is 28.7 Å². The lowest BCUT2D eigenvalue weighted by Crippen LogP contribution is -2.45. The molecule has 228 valence electrons. The summed E-state index contributed by atoms with van der Waals surface area (Å²) in [5.74, 6) is -0.158. The third kappa shape index (κ3) is 10.8. The minimum atomic E-state index is -1.03. The summed E-state index contributed by atoms with van der Waals surface area (Å²) in [5, 5.41) is 3.67. The minimum Gasteiger partial charge on any atom is -0.491 e. The zero-order valence-corrected chi connectivity index (χ0v) is 25.6. The van der Waals surface area contributed by atoms with E-state index < -0.39 is 23.0 Å². The standard InChI is InChI=1S/C28H46N2O9S/c1-7-11-22(29-25(32)27(5)20-40-26(30-27)28(6,37-9-3)38-10-4)23-18-21(19-24(31)39-23)36-17-16-35-15-14-34-13-12-33-8-2/h18-19,22H,7-17,20H2,1-6H3,(H,29,32)/t22-,27+/m1/s1. The van der Waals surface area contributed by atoms with Crippen LogP contribution in [0.2, 0.25) is 0 Å². The summed E-state index contributed by atoms with van der Waals surface area (Å²) in [6, 6.07) is 2.39. The molecule has 2 rings (SSSR count). The van der Waals surface area contributed by atoms with Crippen LogP contribution in [-0.4, -0.2) is 87.5 Å². The van der Waals surface area contributed by atoms with Gasteiger partial charge in [-0.3, -0.25) is 9.79 Å². The van der Waals surface area contributed by atoms with Crippen molar-refractivity contribution in [1.82, 2.24) is 5.32 Å². The highest BCUT2D eigenvalue weighted by Gasteiger charge is 2.45. The highest BCUT2D eigenvalue weighted by molar-refractivity contribution is 8.14. The predicted octanol–water partition coefficient (Wildman–Crippen LogP) is 3.74. The van der Waals surface area contributed by atoms with E-state index in [1.165, 1.54) is 17.8 Å². The summed E-state index contributed by atoms with van der Waals surface area (Å²) in [4.78, 5) is 30.5. The van der Waals surface area contributed by atoms with Crippen LogP contribution in [0.25, 0.3) is 0 Å². The molecule has 1 amide bonds. The van der Waals surface area contributed by atoms with E-state index in [0.717, 1.165) is 6.42 Å². The molecule has 0 fully saturated rings. The van der Waals surface area contributed by atoms with Gasteiger partial charge in [-0.25, -0.2) is 4.79 Å². The quantitative estimate of drug-likeness (QED) is 0.168. The first kappa shape index (κ1) is 34.2. The number of aliphatic imine (C=N–C) groups is 1. The maximum Gasteiger partial charge on any atom is 0.339 e. The van der Waals surface area contributed by atoms with E-state index in [2.05, 4.69) is 5.32 Å². The Bertz CT molecular complexity index is 981. The average Bonchev–Trinajstić information content (AvgIpc) is 3.34. The molecule has 1 N–H and O–H groups in total. The summed E-state index contributed by atoms with van der Waals surface area (Å²) in [7, 11) is 0. The van der Waals surface area contributed by atoms with Crippen LogP contribution in [0.5, 0.6) is 5.75 Å². The van der Waals surface area contributed by atoms with E-state index in [4.69, 9.17) is 37.8 Å². The monoisotopic (exact) mass is 586 g/mol. The van der Waals surface area contributed by atoms with Crippen LogP contribution >= 0.6 is 11.8 Å². The molecule has 40 heavy (non-hydrogen) atoms. The molecule has 2 atom stereocenters. The molecule has 1 aromatic heterocycles. The number of hydrogen-bond donors (Lipinski definition) is 1. The van der Waals surface area contributed by atoms with Crippen molar-refractivity contribution in [3.05, 3.63) is 28.3 Å².